The smallest absolute Gasteiger partial charge is 0.253 e. The van der Waals surface area contributed by atoms with Crippen LogP contribution in [0.15, 0.2) is 35.9 Å². The Kier molecular flexibility index (Phi) is 4.19. The molecule has 2 saturated heterocycles. The molecule has 1 aromatic carbocycles. The van der Waals surface area contributed by atoms with Crippen molar-refractivity contribution in [3.05, 3.63) is 41.5 Å². The van der Waals surface area contributed by atoms with Crippen molar-refractivity contribution in [1.82, 2.24) is 9.80 Å². The fourth-order valence-electron chi connectivity index (χ4n) is 5.94. The summed E-state index contributed by atoms with van der Waals surface area (Å²) in [6.07, 6.45) is 2.21. The van der Waals surface area contributed by atoms with E-state index >= 15 is 0 Å². The molecular weight excluding hydrogens is 443 g/mol. The van der Waals surface area contributed by atoms with Gasteiger partial charge in [0.2, 0.25) is 11.8 Å². The lowest BCUT2D eigenvalue weighted by Crippen LogP contribution is -2.60. The maximum Gasteiger partial charge on any atom is 0.253 e. The van der Waals surface area contributed by atoms with Crippen molar-refractivity contribution >= 4 is 46.8 Å². The third kappa shape index (κ3) is 2.31. The lowest BCUT2D eigenvalue weighted by atomic mass is 9.56. The van der Waals surface area contributed by atoms with E-state index in [1.165, 1.54) is 26.2 Å². The number of allylic oxidation sites excluding steroid dienone is 2. The van der Waals surface area contributed by atoms with Crippen LogP contribution in [0.5, 0.6) is 5.75 Å². The van der Waals surface area contributed by atoms with Gasteiger partial charge in [0.1, 0.15) is 5.75 Å². The maximum absolute atomic E-state index is 13.3. The van der Waals surface area contributed by atoms with Crippen LogP contribution in [0.1, 0.15) is 24.3 Å². The van der Waals surface area contributed by atoms with Crippen molar-refractivity contribution < 1.29 is 24.3 Å². The first-order chi connectivity index (χ1) is 14.5. The molecule has 2 heterocycles. The van der Waals surface area contributed by atoms with Crippen LogP contribution in [0.2, 0.25) is 0 Å². The molecule has 31 heavy (non-hydrogen) atoms. The minimum absolute atomic E-state index is 0.0125. The van der Waals surface area contributed by atoms with Gasteiger partial charge in [0, 0.05) is 20.0 Å². The van der Waals surface area contributed by atoms with E-state index in [0.29, 0.717) is 12.0 Å². The molecule has 1 N–H and O–H groups in total. The van der Waals surface area contributed by atoms with Crippen LogP contribution in [0.25, 0.3) is 0 Å². The third-order valence-electron chi connectivity index (χ3n) is 7.46. The normalized spacial score (nSPS) is 39.4. The number of benzene rings is 1. The second kappa shape index (κ2) is 6.33. The van der Waals surface area contributed by atoms with Crippen LogP contribution in [-0.2, 0) is 19.2 Å². The molecule has 2 aliphatic heterocycles. The molecular formula is C22H20Cl2N2O5. The van der Waals surface area contributed by atoms with Gasteiger partial charge in [-0.1, -0.05) is 23.8 Å². The molecule has 4 amide bonds. The van der Waals surface area contributed by atoms with Gasteiger partial charge in [-0.05, 0) is 36.5 Å². The summed E-state index contributed by atoms with van der Waals surface area (Å²) in [5.41, 5.74) is 1.35. The predicted octanol–water partition coefficient (Wildman–Crippen LogP) is 2.01. The Bertz CT molecular complexity index is 1090. The molecule has 0 unspecified atom stereocenters. The molecule has 1 saturated carbocycles. The minimum atomic E-state index is -1.79. The summed E-state index contributed by atoms with van der Waals surface area (Å²) in [6, 6.07) is 6.23. The van der Waals surface area contributed by atoms with Crippen molar-refractivity contribution in [3.8, 4) is 5.75 Å². The van der Waals surface area contributed by atoms with Crippen molar-refractivity contribution in [2.75, 3.05) is 14.1 Å². The zero-order valence-electron chi connectivity index (χ0n) is 16.8. The van der Waals surface area contributed by atoms with Crippen LogP contribution in [0.4, 0.5) is 0 Å². The minimum Gasteiger partial charge on any atom is -0.508 e. The first kappa shape index (κ1) is 20.5. The molecule has 4 aliphatic rings. The number of imide groups is 2. The number of phenolic OH excluding ortho intramolecular Hbond substituents is 1. The number of halogens is 2. The van der Waals surface area contributed by atoms with E-state index in [4.69, 9.17) is 23.2 Å². The van der Waals surface area contributed by atoms with Gasteiger partial charge < -0.3 is 5.11 Å². The van der Waals surface area contributed by atoms with Gasteiger partial charge >= 0.3 is 0 Å². The zero-order valence-corrected chi connectivity index (χ0v) is 18.4. The number of fused-ring (bicyclic) bond motifs is 4. The number of carbonyl (C=O) groups is 4. The molecule has 6 atom stereocenters. The van der Waals surface area contributed by atoms with E-state index in [-0.39, 0.29) is 24.0 Å². The first-order valence-corrected chi connectivity index (χ1v) is 10.8. The Morgan fingerprint density at radius 3 is 2.23 bits per heavy atom. The Balaban J connectivity index is 1.74. The van der Waals surface area contributed by atoms with E-state index in [0.717, 1.165) is 15.4 Å². The summed E-state index contributed by atoms with van der Waals surface area (Å²) in [7, 11) is 2.81. The third-order valence-corrected chi connectivity index (χ3v) is 8.87. The number of phenols is 1. The second-order valence-electron chi connectivity index (χ2n) is 8.83. The van der Waals surface area contributed by atoms with E-state index in [9.17, 15) is 24.3 Å². The van der Waals surface area contributed by atoms with Crippen LogP contribution in [0.3, 0.4) is 0 Å². The van der Waals surface area contributed by atoms with Crippen LogP contribution >= 0.6 is 23.2 Å². The molecule has 0 radical (unpaired) electrons. The number of alkyl halides is 2. The molecule has 0 spiro atoms. The van der Waals surface area contributed by atoms with Crippen LogP contribution < -0.4 is 0 Å². The Labute approximate surface area is 188 Å². The Morgan fingerprint density at radius 1 is 0.935 bits per heavy atom. The lowest BCUT2D eigenvalue weighted by molar-refractivity contribution is -0.140. The highest BCUT2D eigenvalue weighted by molar-refractivity contribution is 6.53. The number of aromatic hydroxyl groups is 1. The Hall–Kier alpha value is -2.38. The van der Waals surface area contributed by atoms with Gasteiger partial charge in [-0.15, -0.1) is 23.2 Å². The summed E-state index contributed by atoms with van der Waals surface area (Å²) in [4.78, 5) is 50.6. The van der Waals surface area contributed by atoms with Gasteiger partial charge in [-0.25, -0.2) is 0 Å². The molecule has 2 aliphatic carbocycles. The molecule has 162 valence electrons. The average Bonchev–Trinajstić information content (AvgIpc) is 3.04. The van der Waals surface area contributed by atoms with Crippen molar-refractivity contribution in [1.29, 1.82) is 0 Å². The van der Waals surface area contributed by atoms with E-state index < -0.39 is 45.2 Å². The number of carbonyl (C=O) groups excluding carboxylic acids is 4. The maximum atomic E-state index is 13.3. The van der Waals surface area contributed by atoms with Crippen molar-refractivity contribution in [2.45, 2.75) is 28.5 Å². The van der Waals surface area contributed by atoms with Gasteiger partial charge in [0.15, 0.2) is 9.75 Å². The van der Waals surface area contributed by atoms with Gasteiger partial charge in [-0.3, -0.25) is 29.0 Å². The predicted molar refractivity (Wildman–Crippen MR) is 111 cm³/mol. The highest BCUT2D eigenvalue weighted by atomic mass is 35.5. The molecule has 1 aromatic rings. The second-order valence-corrected chi connectivity index (χ2v) is 10.1. The summed E-state index contributed by atoms with van der Waals surface area (Å²) >= 11 is 14.0. The van der Waals surface area contributed by atoms with E-state index in [2.05, 4.69) is 0 Å². The quantitative estimate of drug-likeness (QED) is 0.391. The number of nitrogens with zero attached hydrogens (tertiary/aromatic N) is 2. The van der Waals surface area contributed by atoms with Gasteiger partial charge in [0.25, 0.3) is 11.8 Å². The SMILES string of the molecule is CN1C(=O)[C@H]2[C@H](CC=C3[C@H]2C[C@@]2(Cl)C(=O)N(C)C(=O)[C@@]2(Cl)[C@H]3c2ccc(O)cc2)C1=O. The lowest BCUT2D eigenvalue weighted by Gasteiger charge is -2.50. The van der Waals surface area contributed by atoms with Crippen LogP contribution in [0, 0.1) is 17.8 Å². The van der Waals surface area contributed by atoms with E-state index in [1.54, 1.807) is 12.1 Å². The summed E-state index contributed by atoms with van der Waals surface area (Å²) in [5.74, 6) is -4.18. The Morgan fingerprint density at radius 2 is 1.58 bits per heavy atom. The number of likely N-dealkylation sites (tertiary alicyclic amines) is 2. The molecule has 7 nitrogen and oxygen atoms in total. The standard InChI is InChI=1S/C22H20Cl2N2O5/c1-25-17(28)13-8-7-12-14(15(13)18(25)29)9-21(23)19(30)26(2)20(31)22(21,24)16(12)10-3-5-11(27)6-4-10/h3-7,13-16,27H,8-9H2,1-2H3/t13-,14+,15-,16-,21+,22-/m0/s1. The number of rotatable bonds is 1. The van der Waals surface area contributed by atoms with Gasteiger partial charge in [-0.2, -0.15) is 0 Å². The van der Waals surface area contributed by atoms with Crippen molar-refractivity contribution in [2.24, 2.45) is 17.8 Å². The monoisotopic (exact) mass is 462 g/mol. The van der Waals surface area contributed by atoms with Gasteiger partial charge in [0.05, 0.1) is 11.8 Å². The zero-order chi connectivity index (χ0) is 22.5. The molecule has 3 fully saturated rings. The number of hydrogen-bond acceptors (Lipinski definition) is 5. The highest BCUT2D eigenvalue weighted by Crippen LogP contribution is 2.65. The molecule has 0 bridgehead atoms. The molecule has 9 heteroatoms. The average molecular weight is 463 g/mol. The summed E-state index contributed by atoms with van der Waals surface area (Å²) in [5, 5.41) is 9.75. The highest BCUT2D eigenvalue weighted by Gasteiger charge is 2.75. The summed E-state index contributed by atoms with van der Waals surface area (Å²) < 4.78 is 0. The topological polar surface area (TPSA) is 95.0 Å². The first-order valence-electron chi connectivity index (χ1n) is 10.0. The molecule has 5 rings (SSSR count). The van der Waals surface area contributed by atoms with Crippen molar-refractivity contribution in [3.63, 3.8) is 0 Å². The largest absolute Gasteiger partial charge is 0.508 e. The number of hydrogen-bond donors (Lipinski definition) is 1. The fraction of sp³-hybridized carbons (Fsp3) is 0.455. The molecule has 0 aromatic heterocycles. The number of amides is 4. The van der Waals surface area contributed by atoms with Crippen LogP contribution in [-0.4, -0.2) is 62.4 Å². The summed E-state index contributed by atoms with van der Waals surface area (Å²) in [6.45, 7) is 0. The van der Waals surface area contributed by atoms with E-state index in [1.807, 2.05) is 6.08 Å². The fourth-order valence-corrected chi connectivity index (χ4v) is 6.96.